The third-order valence-electron chi connectivity index (χ3n) is 4.00. The first-order valence-corrected chi connectivity index (χ1v) is 8.57. The molecule has 0 atom stereocenters. The van der Waals surface area contributed by atoms with E-state index < -0.39 is 23.6 Å². The first kappa shape index (κ1) is 19.2. The molecule has 144 valence electrons. The molecule has 1 aliphatic heterocycles. The van der Waals surface area contributed by atoms with Crippen molar-refractivity contribution < 1.29 is 28.4 Å². The van der Waals surface area contributed by atoms with Crippen LogP contribution in [0.5, 0.6) is 0 Å². The van der Waals surface area contributed by atoms with Crippen molar-refractivity contribution in [3.63, 3.8) is 0 Å². The molecule has 0 aromatic heterocycles. The fourth-order valence-corrected chi connectivity index (χ4v) is 2.70. The molecule has 28 heavy (non-hydrogen) atoms. The number of anilines is 1. The molecule has 0 aliphatic carbocycles. The van der Waals surface area contributed by atoms with E-state index in [1.165, 1.54) is 24.3 Å². The molecule has 0 bridgehead atoms. The van der Waals surface area contributed by atoms with Gasteiger partial charge in [-0.05, 0) is 36.2 Å². The Morgan fingerprint density at radius 1 is 1.07 bits per heavy atom. The van der Waals surface area contributed by atoms with Gasteiger partial charge in [0.2, 0.25) is 5.91 Å². The van der Waals surface area contributed by atoms with Crippen molar-refractivity contribution in [3.8, 4) is 0 Å². The molecule has 7 nitrogen and oxygen atoms in total. The van der Waals surface area contributed by atoms with Gasteiger partial charge in [0.05, 0.1) is 22.4 Å². The van der Waals surface area contributed by atoms with E-state index >= 15 is 0 Å². The van der Waals surface area contributed by atoms with Crippen molar-refractivity contribution >= 4 is 29.4 Å². The summed E-state index contributed by atoms with van der Waals surface area (Å²) in [6.07, 6.45) is 0.225. The Balaban J connectivity index is 1.72. The van der Waals surface area contributed by atoms with E-state index in [2.05, 4.69) is 5.32 Å². The standard InChI is InChI=1S/C20H17FN2O5/c1-11(2)9-17(24)22-16-8-7-12(10-15(16)21)20(27)28-23-18(25)13-5-3-4-6-14(13)19(23)26/h3-8,10-11H,9H2,1-2H3,(H,22,24). The predicted octanol–water partition coefficient (Wildman–Crippen LogP) is 3.18. The van der Waals surface area contributed by atoms with Gasteiger partial charge in [0.15, 0.2) is 0 Å². The highest BCUT2D eigenvalue weighted by Gasteiger charge is 2.38. The van der Waals surface area contributed by atoms with E-state index in [0.717, 1.165) is 6.07 Å². The van der Waals surface area contributed by atoms with Gasteiger partial charge in [0.1, 0.15) is 5.82 Å². The van der Waals surface area contributed by atoms with Gasteiger partial charge < -0.3 is 10.2 Å². The van der Waals surface area contributed by atoms with Gasteiger partial charge in [-0.25, -0.2) is 9.18 Å². The maximum Gasteiger partial charge on any atom is 0.364 e. The monoisotopic (exact) mass is 384 g/mol. The highest BCUT2D eigenvalue weighted by atomic mass is 19.1. The van der Waals surface area contributed by atoms with Crippen LogP contribution in [0.4, 0.5) is 10.1 Å². The Morgan fingerprint density at radius 3 is 2.21 bits per heavy atom. The van der Waals surface area contributed by atoms with Gasteiger partial charge in [-0.1, -0.05) is 31.0 Å². The summed E-state index contributed by atoms with van der Waals surface area (Å²) in [4.78, 5) is 53.3. The van der Waals surface area contributed by atoms with Crippen LogP contribution < -0.4 is 5.32 Å². The van der Waals surface area contributed by atoms with E-state index in [9.17, 15) is 23.6 Å². The molecule has 3 amide bonds. The molecule has 0 spiro atoms. The van der Waals surface area contributed by atoms with Crippen LogP contribution in [0.25, 0.3) is 0 Å². The lowest BCUT2D eigenvalue weighted by Crippen LogP contribution is -2.32. The summed E-state index contributed by atoms with van der Waals surface area (Å²) in [5.41, 5.74) is -0.0526. The number of amides is 3. The molecule has 0 unspecified atom stereocenters. The van der Waals surface area contributed by atoms with Gasteiger partial charge in [-0.3, -0.25) is 14.4 Å². The second-order valence-corrected chi connectivity index (χ2v) is 6.67. The Labute approximate surface area is 160 Å². The minimum atomic E-state index is -1.08. The molecule has 0 saturated heterocycles. The maximum absolute atomic E-state index is 14.2. The number of halogens is 1. The van der Waals surface area contributed by atoms with E-state index in [0.29, 0.717) is 5.06 Å². The lowest BCUT2D eigenvalue weighted by molar-refractivity contribution is -0.116. The molecule has 1 heterocycles. The Bertz CT molecular complexity index is 951. The summed E-state index contributed by atoms with van der Waals surface area (Å²) in [6.45, 7) is 3.71. The van der Waals surface area contributed by atoms with Crippen LogP contribution >= 0.6 is 0 Å². The highest BCUT2D eigenvalue weighted by molar-refractivity contribution is 6.21. The molecule has 0 fully saturated rings. The number of carbonyl (C=O) groups is 4. The Kier molecular flexibility index (Phi) is 5.21. The summed E-state index contributed by atoms with van der Waals surface area (Å²) in [7, 11) is 0. The van der Waals surface area contributed by atoms with Gasteiger partial charge >= 0.3 is 5.97 Å². The SMILES string of the molecule is CC(C)CC(=O)Nc1ccc(C(=O)ON2C(=O)c3ccccc3C2=O)cc1F. The van der Waals surface area contributed by atoms with Crippen LogP contribution in [0, 0.1) is 11.7 Å². The molecule has 2 aromatic rings. The average Bonchev–Trinajstić information content (AvgIpc) is 2.88. The van der Waals surface area contributed by atoms with Crippen molar-refractivity contribution in [3.05, 3.63) is 65.0 Å². The van der Waals surface area contributed by atoms with Crippen molar-refractivity contribution in [1.29, 1.82) is 0 Å². The summed E-state index contributed by atoms with van der Waals surface area (Å²) in [5.74, 6) is -3.70. The largest absolute Gasteiger partial charge is 0.364 e. The minimum Gasteiger partial charge on any atom is -0.324 e. The van der Waals surface area contributed by atoms with E-state index in [-0.39, 0.29) is 40.6 Å². The fourth-order valence-electron chi connectivity index (χ4n) is 2.70. The molecule has 2 aromatic carbocycles. The Morgan fingerprint density at radius 2 is 1.68 bits per heavy atom. The third kappa shape index (κ3) is 3.75. The number of imide groups is 1. The molecule has 1 N–H and O–H groups in total. The molecular formula is C20H17FN2O5. The normalized spacial score (nSPS) is 12.9. The van der Waals surface area contributed by atoms with Gasteiger partial charge in [0.25, 0.3) is 11.8 Å². The number of rotatable bonds is 5. The zero-order valence-corrected chi connectivity index (χ0v) is 15.2. The van der Waals surface area contributed by atoms with E-state index in [1.54, 1.807) is 12.1 Å². The number of fused-ring (bicyclic) bond motifs is 1. The van der Waals surface area contributed by atoms with Crippen LogP contribution in [-0.2, 0) is 9.63 Å². The predicted molar refractivity (Wildman–Crippen MR) is 96.8 cm³/mol. The summed E-state index contributed by atoms with van der Waals surface area (Å²) in [5, 5.41) is 2.77. The lowest BCUT2D eigenvalue weighted by Gasteiger charge is -2.13. The third-order valence-corrected chi connectivity index (χ3v) is 4.00. The number of hydrogen-bond donors (Lipinski definition) is 1. The number of carbonyl (C=O) groups excluding carboxylic acids is 4. The molecule has 3 rings (SSSR count). The second kappa shape index (κ2) is 7.59. The van der Waals surface area contributed by atoms with Crippen LogP contribution in [-0.4, -0.2) is 28.8 Å². The molecule has 1 aliphatic rings. The van der Waals surface area contributed by atoms with Crippen molar-refractivity contribution in [2.24, 2.45) is 5.92 Å². The number of nitrogens with one attached hydrogen (secondary N) is 1. The van der Waals surface area contributed by atoms with Gasteiger partial charge in [-0.15, -0.1) is 0 Å². The number of benzene rings is 2. The minimum absolute atomic E-state index is 0.0806. The highest BCUT2D eigenvalue weighted by Crippen LogP contribution is 2.24. The van der Waals surface area contributed by atoms with Gasteiger partial charge in [0, 0.05) is 6.42 Å². The molecule has 8 heteroatoms. The summed E-state index contributed by atoms with van der Waals surface area (Å²) < 4.78 is 14.2. The smallest absolute Gasteiger partial charge is 0.324 e. The van der Waals surface area contributed by atoms with Crippen molar-refractivity contribution in [1.82, 2.24) is 5.06 Å². The zero-order valence-electron chi connectivity index (χ0n) is 15.2. The quantitative estimate of drug-likeness (QED) is 0.800. The molecule has 0 saturated carbocycles. The number of nitrogens with zero attached hydrogens (tertiary/aromatic N) is 1. The van der Waals surface area contributed by atoms with Gasteiger partial charge in [-0.2, -0.15) is 0 Å². The fraction of sp³-hybridized carbons (Fsp3) is 0.200. The molecular weight excluding hydrogens is 367 g/mol. The van der Waals surface area contributed by atoms with E-state index in [1.807, 2.05) is 13.8 Å². The summed E-state index contributed by atoms with van der Waals surface area (Å²) in [6, 6.07) is 9.36. The van der Waals surface area contributed by atoms with Crippen molar-refractivity contribution in [2.75, 3.05) is 5.32 Å². The summed E-state index contributed by atoms with van der Waals surface area (Å²) >= 11 is 0. The van der Waals surface area contributed by atoms with Crippen molar-refractivity contribution in [2.45, 2.75) is 20.3 Å². The first-order chi connectivity index (χ1) is 13.3. The number of hydroxylamine groups is 2. The topological polar surface area (TPSA) is 92.8 Å². The zero-order chi connectivity index (χ0) is 20.4. The first-order valence-electron chi connectivity index (χ1n) is 8.57. The van der Waals surface area contributed by atoms with Crippen LogP contribution in [0.15, 0.2) is 42.5 Å². The second-order valence-electron chi connectivity index (χ2n) is 6.67. The van der Waals surface area contributed by atoms with Crippen LogP contribution in [0.3, 0.4) is 0 Å². The lowest BCUT2D eigenvalue weighted by atomic mass is 10.1. The van der Waals surface area contributed by atoms with Crippen LogP contribution in [0.1, 0.15) is 51.3 Å². The number of hydrogen-bond acceptors (Lipinski definition) is 5. The van der Waals surface area contributed by atoms with E-state index in [4.69, 9.17) is 4.84 Å². The van der Waals surface area contributed by atoms with Crippen LogP contribution in [0.2, 0.25) is 0 Å². The average molecular weight is 384 g/mol. The maximum atomic E-state index is 14.2. The Hall–Kier alpha value is -3.55. The molecule has 0 radical (unpaired) electrons.